The monoisotopic (exact) mass is 383 g/mol. The number of aromatic nitrogens is 4. The lowest BCUT2D eigenvalue weighted by atomic mass is 10.0. The van der Waals surface area contributed by atoms with Crippen LogP contribution in [-0.2, 0) is 25.7 Å². The summed E-state index contributed by atoms with van der Waals surface area (Å²) in [6.07, 6.45) is 7.14. The number of aromatic amines is 2. The van der Waals surface area contributed by atoms with E-state index in [9.17, 15) is 9.59 Å². The Morgan fingerprint density at radius 1 is 0.759 bits per heavy atom. The van der Waals surface area contributed by atoms with Gasteiger partial charge in [0, 0.05) is 22.6 Å². The van der Waals surface area contributed by atoms with Crippen LogP contribution in [-0.4, -0.2) is 31.8 Å². The molecule has 0 spiro atoms. The molecule has 0 atom stereocenters. The van der Waals surface area contributed by atoms with Gasteiger partial charge in [-0.25, -0.2) is 4.98 Å². The Hall–Kier alpha value is -3.74. The summed E-state index contributed by atoms with van der Waals surface area (Å²) in [6.45, 7) is 0. The first-order valence-corrected chi connectivity index (χ1v) is 9.69. The molecule has 0 aliphatic carbocycles. The molecule has 29 heavy (non-hydrogen) atoms. The molecule has 6 heterocycles. The highest BCUT2D eigenvalue weighted by atomic mass is 16.2. The number of imide groups is 1. The summed E-state index contributed by atoms with van der Waals surface area (Å²) < 4.78 is 0. The molecule has 0 saturated heterocycles. The Morgan fingerprint density at radius 2 is 1.55 bits per heavy atom. The first-order chi connectivity index (χ1) is 14.1. The Morgan fingerprint density at radius 3 is 2.41 bits per heavy atom. The third-order valence-electron chi connectivity index (χ3n) is 5.61. The predicted molar refractivity (Wildman–Crippen MR) is 108 cm³/mol. The number of fused-ring (bicyclic) bond motifs is 8. The average Bonchev–Trinajstić information content (AvgIpc) is 3.45. The van der Waals surface area contributed by atoms with Gasteiger partial charge in [0.1, 0.15) is 0 Å². The van der Waals surface area contributed by atoms with Gasteiger partial charge < -0.3 is 9.97 Å². The Bertz CT molecular complexity index is 1330. The third-order valence-corrected chi connectivity index (χ3v) is 5.61. The van der Waals surface area contributed by atoms with Crippen molar-refractivity contribution in [2.24, 2.45) is 0 Å². The van der Waals surface area contributed by atoms with Gasteiger partial charge in [0.05, 0.1) is 33.7 Å². The standard InChI is InChI=1S/C22H17N5O2/c28-21-17-10-16-9-14-4-3-12(24-14)7-11-1-2-13(23-11)8-15-5-6-18(25-15)19(20(17)26-16)22(29)27-21/h1-2,7-10,24,26H,3-6H2,(H,27,28,29). The highest BCUT2D eigenvalue weighted by molar-refractivity contribution is 6.22. The van der Waals surface area contributed by atoms with Gasteiger partial charge in [-0.15, -0.1) is 0 Å². The van der Waals surface area contributed by atoms with E-state index in [0.717, 1.165) is 53.2 Å². The van der Waals surface area contributed by atoms with Crippen LogP contribution in [0, 0.1) is 0 Å². The summed E-state index contributed by atoms with van der Waals surface area (Å²) in [5.74, 6) is -0.780. The van der Waals surface area contributed by atoms with Crippen molar-refractivity contribution in [1.29, 1.82) is 0 Å². The number of carbonyl (C=O) groups is 2. The fraction of sp³-hybridized carbons (Fsp3) is 0.182. The topological polar surface area (TPSA) is 104 Å². The highest BCUT2D eigenvalue weighted by Gasteiger charge is 2.28. The zero-order chi connectivity index (χ0) is 19.5. The van der Waals surface area contributed by atoms with Crippen molar-refractivity contribution in [2.45, 2.75) is 25.7 Å². The summed E-state index contributed by atoms with van der Waals surface area (Å²) in [7, 11) is 0. The highest BCUT2D eigenvalue weighted by Crippen LogP contribution is 2.26. The maximum absolute atomic E-state index is 12.6. The lowest BCUT2D eigenvalue weighted by Crippen LogP contribution is -2.34. The van der Waals surface area contributed by atoms with Crippen LogP contribution >= 0.6 is 0 Å². The lowest BCUT2D eigenvalue weighted by Gasteiger charge is -2.11. The summed E-state index contributed by atoms with van der Waals surface area (Å²) in [5.41, 5.74) is 7.79. The molecule has 3 N–H and O–H groups in total. The van der Waals surface area contributed by atoms with Crippen molar-refractivity contribution in [1.82, 2.24) is 25.3 Å². The molecule has 2 amide bonds. The van der Waals surface area contributed by atoms with E-state index in [1.807, 2.05) is 24.3 Å². The molecule has 142 valence electrons. The van der Waals surface area contributed by atoms with Crippen LogP contribution in [0.15, 0.2) is 24.3 Å². The molecule has 0 fully saturated rings. The van der Waals surface area contributed by atoms with Gasteiger partial charge in [-0.1, -0.05) is 0 Å². The molecule has 4 aliphatic rings. The van der Waals surface area contributed by atoms with E-state index in [2.05, 4.69) is 26.3 Å². The van der Waals surface area contributed by atoms with Gasteiger partial charge in [-0.05, 0) is 62.1 Å². The average molecular weight is 383 g/mol. The van der Waals surface area contributed by atoms with Crippen LogP contribution in [0.5, 0.6) is 0 Å². The van der Waals surface area contributed by atoms with Crippen LogP contribution in [0.4, 0.5) is 0 Å². The maximum Gasteiger partial charge on any atom is 0.262 e. The molecule has 0 saturated carbocycles. The van der Waals surface area contributed by atoms with E-state index in [4.69, 9.17) is 4.98 Å². The van der Waals surface area contributed by atoms with Crippen molar-refractivity contribution in [3.63, 3.8) is 0 Å². The SMILES string of the molecule is O=C1NC(=O)c2c3nc(cc4nc(cc5[nH]c(cc6cc1c2[nH]6)CC5)C=C4)CC3. The Kier molecular flexibility index (Phi) is 3.29. The molecule has 6 rings (SSSR count). The van der Waals surface area contributed by atoms with Gasteiger partial charge in [0.2, 0.25) is 0 Å². The zero-order valence-electron chi connectivity index (χ0n) is 15.5. The van der Waals surface area contributed by atoms with Crippen molar-refractivity contribution >= 4 is 35.0 Å². The van der Waals surface area contributed by atoms with Gasteiger partial charge in [0.25, 0.3) is 11.8 Å². The molecule has 0 unspecified atom stereocenters. The number of aryl methyl sites for hydroxylation is 4. The first-order valence-electron chi connectivity index (χ1n) is 9.69. The number of nitrogens with one attached hydrogen (secondary N) is 3. The van der Waals surface area contributed by atoms with Crippen LogP contribution in [0.1, 0.15) is 54.9 Å². The summed E-state index contributed by atoms with van der Waals surface area (Å²) in [4.78, 5) is 41.1. The van der Waals surface area contributed by atoms with Crippen LogP contribution in [0.25, 0.3) is 23.2 Å². The number of nitrogens with zero attached hydrogens (tertiary/aromatic N) is 2. The first kappa shape index (κ1) is 16.2. The molecule has 8 bridgehead atoms. The molecule has 7 heteroatoms. The van der Waals surface area contributed by atoms with Gasteiger partial charge in [0.15, 0.2) is 0 Å². The van der Waals surface area contributed by atoms with E-state index < -0.39 is 5.91 Å². The van der Waals surface area contributed by atoms with E-state index in [-0.39, 0.29) is 5.91 Å². The number of hydrogen-bond donors (Lipinski definition) is 3. The van der Waals surface area contributed by atoms with Gasteiger partial charge in [-0.2, -0.15) is 0 Å². The minimum absolute atomic E-state index is 0.380. The predicted octanol–water partition coefficient (Wildman–Crippen LogP) is 2.66. The summed E-state index contributed by atoms with van der Waals surface area (Å²) in [5, 5.41) is 2.45. The van der Waals surface area contributed by atoms with Crippen molar-refractivity contribution < 1.29 is 9.59 Å². The molecule has 0 aromatic carbocycles. The van der Waals surface area contributed by atoms with Crippen LogP contribution in [0.3, 0.4) is 0 Å². The minimum atomic E-state index is -0.400. The van der Waals surface area contributed by atoms with E-state index >= 15 is 0 Å². The van der Waals surface area contributed by atoms with Crippen molar-refractivity contribution in [3.05, 3.63) is 69.6 Å². The molecular formula is C22H17N5O2. The number of hydrogen-bond acceptors (Lipinski definition) is 4. The third kappa shape index (κ3) is 2.66. The smallest absolute Gasteiger partial charge is 0.262 e. The number of amides is 2. The molecule has 7 nitrogen and oxygen atoms in total. The summed E-state index contributed by atoms with van der Waals surface area (Å²) >= 11 is 0. The largest absolute Gasteiger partial charge is 0.362 e. The van der Waals surface area contributed by atoms with Crippen LogP contribution in [0.2, 0.25) is 0 Å². The number of rotatable bonds is 0. The van der Waals surface area contributed by atoms with Crippen molar-refractivity contribution in [2.75, 3.05) is 0 Å². The number of H-pyrrole nitrogens is 2. The minimum Gasteiger partial charge on any atom is -0.362 e. The maximum atomic E-state index is 12.6. The molecular weight excluding hydrogens is 366 g/mol. The van der Waals surface area contributed by atoms with E-state index in [0.29, 0.717) is 28.8 Å². The fourth-order valence-electron chi connectivity index (χ4n) is 4.28. The zero-order valence-corrected chi connectivity index (χ0v) is 15.5. The summed E-state index contributed by atoms with van der Waals surface area (Å²) in [6, 6.07) is 7.81. The lowest BCUT2D eigenvalue weighted by molar-refractivity contribution is 0.0844. The molecule has 4 aliphatic heterocycles. The second-order valence-electron chi connectivity index (χ2n) is 7.62. The molecule has 2 aromatic heterocycles. The Labute approximate surface area is 165 Å². The normalized spacial score (nSPS) is 16.0. The second kappa shape index (κ2) is 5.88. The fourth-order valence-corrected chi connectivity index (χ4v) is 4.28. The van der Waals surface area contributed by atoms with Crippen molar-refractivity contribution in [3.8, 4) is 0 Å². The number of carbonyl (C=O) groups excluding carboxylic acids is 2. The quantitative estimate of drug-likeness (QED) is 0.519. The molecule has 2 aromatic rings. The van der Waals surface area contributed by atoms with E-state index in [1.165, 1.54) is 0 Å². The van der Waals surface area contributed by atoms with E-state index in [1.54, 1.807) is 6.07 Å². The van der Waals surface area contributed by atoms with Crippen LogP contribution < -0.4 is 5.32 Å². The van der Waals surface area contributed by atoms with Gasteiger partial charge >= 0.3 is 0 Å². The van der Waals surface area contributed by atoms with Gasteiger partial charge in [-0.3, -0.25) is 19.9 Å². The second-order valence-corrected chi connectivity index (χ2v) is 7.62. The Balaban J connectivity index is 1.74. The molecule has 0 radical (unpaired) electrons.